The van der Waals surface area contributed by atoms with E-state index in [1.807, 2.05) is 59.6 Å². The number of furan rings is 1. The molecule has 5 rings (SSSR count). The molecule has 0 spiro atoms. The first-order chi connectivity index (χ1) is 16.8. The molecule has 182 valence electrons. The minimum absolute atomic E-state index is 0.153. The lowest BCUT2D eigenvalue weighted by Crippen LogP contribution is -2.63. The van der Waals surface area contributed by atoms with Crippen LogP contribution in [0, 0.1) is 12.8 Å². The summed E-state index contributed by atoms with van der Waals surface area (Å²) in [5, 5.41) is 4.09. The number of nitrogens with zero attached hydrogens (tertiary/aromatic N) is 3. The third-order valence-electron chi connectivity index (χ3n) is 6.95. The molecule has 1 aromatic carbocycles. The van der Waals surface area contributed by atoms with E-state index in [1.165, 1.54) is 0 Å². The fourth-order valence-electron chi connectivity index (χ4n) is 4.99. The number of aromatic nitrogens is 2. The van der Waals surface area contributed by atoms with Crippen LogP contribution in [0.15, 0.2) is 65.5 Å². The fraction of sp³-hybridized carbons (Fsp3) is 0.357. The minimum Gasteiger partial charge on any atom is -0.467 e. The lowest BCUT2D eigenvalue weighted by molar-refractivity contribution is -0.133. The third kappa shape index (κ3) is 3.95. The average Bonchev–Trinajstić information content (AvgIpc) is 3.57. The molecule has 1 atom stereocenters. The zero-order valence-corrected chi connectivity index (χ0v) is 20.7. The zero-order chi connectivity index (χ0) is 24.7. The van der Waals surface area contributed by atoms with Crippen LogP contribution in [0.3, 0.4) is 0 Å². The normalized spacial score (nSPS) is 17.9. The van der Waals surface area contributed by atoms with Crippen LogP contribution in [0.5, 0.6) is 0 Å². The molecular weight excluding hydrogens is 440 g/mol. The lowest BCUT2D eigenvalue weighted by Gasteiger charge is -2.44. The van der Waals surface area contributed by atoms with Gasteiger partial charge in [0.15, 0.2) is 0 Å². The Hall–Kier alpha value is -3.74. The Labute approximate surface area is 205 Å². The standard InChI is InChI=1S/C28H32N4O3/c1-19(2)11-12-29-27(34)28(4)18-31-23-10-9-20(3)16-22(23)24(30-13-5-6-14-30)25(31)26(33)32(28)17-21-8-7-15-35-21/h5-10,13-16,19H,11-12,17-18H2,1-4H3,(H,29,34)/t28-/m1/s1. The summed E-state index contributed by atoms with van der Waals surface area (Å²) in [6.07, 6.45) is 6.38. The minimum atomic E-state index is -1.08. The number of nitrogens with one attached hydrogen (secondary N) is 1. The van der Waals surface area contributed by atoms with E-state index in [1.54, 1.807) is 17.2 Å². The van der Waals surface area contributed by atoms with Gasteiger partial charge in [-0.05, 0) is 62.6 Å². The first kappa shape index (κ1) is 23.0. The van der Waals surface area contributed by atoms with Gasteiger partial charge in [0.05, 0.1) is 30.6 Å². The van der Waals surface area contributed by atoms with Crippen molar-refractivity contribution in [1.29, 1.82) is 0 Å². The van der Waals surface area contributed by atoms with E-state index < -0.39 is 5.54 Å². The summed E-state index contributed by atoms with van der Waals surface area (Å²) in [7, 11) is 0. The summed E-state index contributed by atoms with van der Waals surface area (Å²) >= 11 is 0. The predicted octanol–water partition coefficient (Wildman–Crippen LogP) is 4.91. The van der Waals surface area contributed by atoms with Crippen molar-refractivity contribution in [1.82, 2.24) is 19.4 Å². The molecule has 0 radical (unpaired) electrons. The van der Waals surface area contributed by atoms with Gasteiger partial charge >= 0.3 is 0 Å². The van der Waals surface area contributed by atoms with Crippen molar-refractivity contribution in [3.63, 3.8) is 0 Å². The monoisotopic (exact) mass is 472 g/mol. The molecule has 1 N–H and O–H groups in total. The molecule has 7 heteroatoms. The molecular formula is C28H32N4O3. The highest BCUT2D eigenvalue weighted by Crippen LogP contribution is 2.38. The molecule has 0 saturated carbocycles. The number of fused-ring (bicyclic) bond motifs is 3. The van der Waals surface area contributed by atoms with Crippen molar-refractivity contribution in [2.24, 2.45) is 5.92 Å². The number of carbonyl (C=O) groups is 2. The van der Waals surface area contributed by atoms with Crippen molar-refractivity contribution >= 4 is 22.7 Å². The second-order valence-electron chi connectivity index (χ2n) is 10.1. The van der Waals surface area contributed by atoms with Crippen LogP contribution >= 0.6 is 0 Å². The predicted molar refractivity (Wildman–Crippen MR) is 135 cm³/mol. The molecule has 0 saturated heterocycles. The van der Waals surface area contributed by atoms with Gasteiger partial charge in [-0.3, -0.25) is 9.59 Å². The van der Waals surface area contributed by atoms with Crippen molar-refractivity contribution in [3.05, 3.63) is 78.1 Å². The first-order valence-electron chi connectivity index (χ1n) is 12.2. The average molecular weight is 473 g/mol. The van der Waals surface area contributed by atoms with E-state index in [2.05, 4.69) is 31.3 Å². The van der Waals surface area contributed by atoms with E-state index in [-0.39, 0.29) is 18.4 Å². The molecule has 7 nitrogen and oxygen atoms in total. The Balaban J connectivity index is 1.67. The number of rotatable bonds is 7. The van der Waals surface area contributed by atoms with E-state index in [0.29, 0.717) is 30.5 Å². The number of carbonyl (C=O) groups excluding carboxylic acids is 2. The molecule has 0 unspecified atom stereocenters. The highest BCUT2D eigenvalue weighted by atomic mass is 16.3. The van der Waals surface area contributed by atoms with Crippen molar-refractivity contribution < 1.29 is 14.0 Å². The number of hydrogen-bond donors (Lipinski definition) is 1. The van der Waals surface area contributed by atoms with Gasteiger partial charge in [-0.1, -0.05) is 25.5 Å². The zero-order valence-electron chi connectivity index (χ0n) is 20.7. The maximum Gasteiger partial charge on any atom is 0.274 e. The summed E-state index contributed by atoms with van der Waals surface area (Å²) in [5.74, 6) is 0.775. The number of hydrogen-bond acceptors (Lipinski definition) is 3. The van der Waals surface area contributed by atoms with Crippen LogP contribution in [-0.2, 0) is 17.9 Å². The van der Waals surface area contributed by atoms with Crippen LogP contribution < -0.4 is 5.32 Å². The van der Waals surface area contributed by atoms with Gasteiger partial charge in [0.1, 0.15) is 17.0 Å². The molecule has 0 aliphatic carbocycles. The largest absolute Gasteiger partial charge is 0.467 e. The molecule has 1 aliphatic heterocycles. The number of benzene rings is 1. The molecule has 2 amide bonds. The number of amides is 2. The number of aryl methyl sites for hydroxylation is 1. The Morgan fingerprint density at radius 2 is 1.94 bits per heavy atom. The third-order valence-corrected chi connectivity index (χ3v) is 6.95. The highest BCUT2D eigenvalue weighted by molar-refractivity contribution is 6.09. The van der Waals surface area contributed by atoms with E-state index in [9.17, 15) is 9.59 Å². The van der Waals surface area contributed by atoms with Crippen LogP contribution in [-0.4, -0.2) is 37.9 Å². The van der Waals surface area contributed by atoms with E-state index >= 15 is 0 Å². The van der Waals surface area contributed by atoms with Crippen molar-refractivity contribution in [3.8, 4) is 5.69 Å². The summed E-state index contributed by atoms with van der Waals surface area (Å²) < 4.78 is 9.61. The Bertz CT molecular complexity index is 1370. The highest BCUT2D eigenvalue weighted by Gasteiger charge is 2.49. The second kappa shape index (κ2) is 8.80. The molecule has 1 aliphatic rings. The SMILES string of the molecule is Cc1ccc2c(c1)c(-n1cccc1)c1n2C[C@](C)(C(=O)NCCC(C)C)N(Cc2ccco2)C1=O. The van der Waals surface area contributed by atoms with Gasteiger partial charge in [-0.25, -0.2) is 0 Å². The Kier molecular flexibility index (Phi) is 5.79. The maximum absolute atomic E-state index is 14.3. The smallest absolute Gasteiger partial charge is 0.274 e. The quantitative estimate of drug-likeness (QED) is 0.415. The summed E-state index contributed by atoms with van der Waals surface area (Å²) in [4.78, 5) is 29.6. The van der Waals surface area contributed by atoms with Gasteiger partial charge in [0.2, 0.25) is 5.91 Å². The van der Waals surface area contributed by atoms with Crippen LogP contribution in [0.25, 0.3) is 16.6 Å². The topological polar surface area (TPSA) is 72.4 Å². The van der Waals surface area contributed by atoms with Crippen LogP contribution in [0.4, 0.5) is 0 Å². The second-order valence-corrected chi connectivity index (χ2v) is 10.1. The molecule has 0 fully saturated rings. The van der Waals surface area contributed by atoms with Gasteiger partial charge < -0.3 is 23.8 Å². The van der Waals surface area contributed by atoms with Crippen molar-refractivity contribution in [2.75, 3.05) is 6.54 Å². The van der Waals surface area contributed by atoms with Gasteiger partial charge in [0.25, 0.3) is 5.91 Å². The summed E-state index contributed by atoms with van der Waals surface area (Å²) in [6, 6.07) is 13.8. The first-order valence-corrected chi connectivity index (χ1v) is 12.2. The molecule has 0 bridgehead atoms. The Morgan fingerprint density at radius 3 is 2.63 bits per heavy atom. The van der Waals surface area contributed by atoms with Crippen molar-refractivity contribution in [2.45, 2.75) is 52.7 Å². The van der Waals surface area contributed by atoms with E-state index in [0.717, 1.165) is 28.6 Å². The van der Waals surface area contributed by atoms with Crippen LogP contribution in [0.2, 0.25) is 0 Å². The molecule has 4 aromatic rings. The van der Waals surface area contributed by atoms with Gasteiger partial charge in [-0.2, -0.15) is 0 Å². The van der Waals surface area contributed by atoms with Crippen LogP contribution in [0.1, 0.15) is 49.0 Å². The molecule has 3 aromatic heterocycles. The molecule has 4 heterocycles. The van der Waals surface area contributed by atoms with Gasteiger partial charge in [0, 0.05) is 24.3 Å². The molecule has 35 heavy (non-hydrogen) atoms. The van der Waals surface area contributed by atoms with Gasteiger partial charge in [-0.15, -0.1) is 0 Å². The summed E-state index contributed by atoms with van der Waals surface area (Å²) in [5.41, 5.74) is 2.40. The summed E-state index contributed by atoms with van der Waals surface area (Å²) in [6.45, 7) is 9.30. The lowest BCUT2D eigenvalue weighted by atomic mass is 9.94. The fourth-order valence-corrected chi connectivity index (χ4v) is 4.99. The maximum atomic E-state index is 14.3. The Morgan fingerprint density at radius 1 is 1.17 bits per heavy atom. The van der Waals surface area contributed by atoms with E-state index in [4.69, 9.17) is 4.42 Å².